The molecule has 0 fully saturated rings. The SMILES string of the molecule is CN(CCO)C(=O)Cn1cc(-c2ccccc2)nn1. The first-order valence-corrected chi connectivity index (χ1v) is 6.01. The molecule has 0 aliphatic rings. The second-order valence-electron chi connectivity index (χ2n) is 4.21. The fraction of sp³-hybridized carbons (Fsp3) is 0.308. The molecule has 2 aromatic rings. The molecule has 0 aliphatic heterocycles. The summed E-state index contributed by atoms with van der Waals surface area (Å²) in [5.74, 6) is -0.112. The van der Waals surface area contributed by atoms with Gasteiger partial charge in [-0.25, -0.2) is 4.68 Å². The summed E-state index contributed by atoms with van der Waals surface area (Å²) in [4.78, 5) is 13.2. The maximum absolute atomic E-state index is 11.8. The van der Waals surface area contributed by atoms with Crippen LogP contribution < -0.4 is 0 Å². The van der Waals surface area contributed by atoms with Gasteiger partial charge in [0.1, 0.15) is 12.2 Å². The minimum atomic E-state index is -0.112. The third kappa shape index (κ3) is 3.38. The minimum absolute atomic E-state index is 0.0468. The van der Waals surface area contributed by atoms with Gasteiger partial charge < -0.3 is 10.0 Å². The molecule has 19 heavy (non-hydrogen) atoms. The minimum Gasteiger partial charge on any atom is -0.395 e. The Morgan fingerprint density at radius 3 is 2.79 bits per heavy atom. The number of likely N-dealkylation sites (N-methyl/N-ethyl adjacent to an activating group) is 1. The Labute approximate surface area is 111 Å². The van der Waals surface area contributed by atoms with Gasteiger partial charge in [0.15, 0.2) is 0 Å². The van der Waals surface area contributed by atoms with Gasteiger partial charge in [-0.1, -0.05) is 35.5 Å². The van der Waals surface area contributed by atoms with Gasteiger partial charge in [-0.05, 0) is 0 Å². The quantitative estimate of drug-likeness (QED) is 0.844. The van der Waals surface area contributed by atoms with Gasteiger partial charge in [-0.3, -0.25) is 4.79 Å². The van der Waals surface area contributed by atoms with Crippen molar-refractivity contribution in [2.75, 3.05) is 20.2 Å². The fourth-order valence-electron chi connectivity index (χ4n) is 1.65. The molecular weight excluding hydrogens is 244 g/mol. The van der Waals surface area contributed by atoms with Crippen LogP contribution >= 0.6 is 0 Å². The first-order valence-electron chi connectivity index (χ1n) is 6.01. The zero-order valence-corrected chi connectivity index (χ0v) is 10.7. The van der Waals surface area contributed by atoms with Crippen molar-refractivity contribution in [1.82, 2.24) is 19.9 Å². The molecule has 0 unspecified atom stereocenters. The molecule has 0 saturated heterocycles. The van der Waals surface area contributed by atoms with E-state index in [4.69, 9.17) is 5.11 Å². The van der Waals surface area contributed by atoms with E-state index in [1.54, 1.807) is 13.2 Å². The zero-order chi connectivity index (χ0) is 13.7. The monoisotopic (exact) mass is 260 g/mol. The zero-order valence-electron chi connectivity index (χ0n) is 10.7. The number of rotatable bonds is 5. The Bertz CT molecular complexity index is 539. The number of hydrogen-bond donors (Lipinski definition) is 1. The van der Waals surface area contributed by atoms with Crippen molar-refractivity contribution >= 4 is 5.91 Å². The average Bonchev–Trinajstić information content (AvgIpc) is 2.88. The van der Waals surface area contributed by atoms with Crippen molar-refractivity contribution in [3.05, 3.63) is 36.5 Å². The first-order chi connectivity index (χ1) is 9.20. The van der Waals surface area contributed by atoms with Crippen LogP contribution in [0.25, 0.3) is 11.3 Å². The number of amides is 1. The maximum Gasteiger partial charge on any atom is 0.244 e. The highest BCUT2D eigenvalue weighted by molar-refractivity contribution is 5.75. The summed E-state index contributed by atoms with van der Waals surface area (Å²) in [6, 6.07) is 9.66. The van der Waals surface area contributed by atoms with Crippen LogP contribution in [0.3, 0.4) is 0 Å². The Morgan fingerprint density at radius 1 is 1.37 bits per heavy atom. The van der Waals surface area contributed by atoms with E-state index in [0.29, 0.717) is 6.54 Å². The number of aromatic nitrogens is 3. The van der Waals surface area contributed by atoms with E-state index in [1.165, 1.54) is 9.58 Å². The van der Waals surface area contributed by atoms with Gasteiger partial charge in [0.25, 0.3) is 0 Å². The number of benzene rings is 1. The highest BCUT2D eigenvalue weighted by Crippen LogP contribution is 2.14. The van der Waals surface area contributed by atoms with Crippen LogP contribution in [0.4, 0.5) is 0 Å². The van der Waals surface area contributed by atoms with Crippen LogP contribution in [0, 0.1) is 0 Å². The lowest BCUT2D eigenvalue weighted by Gasteiger charge is -2.14. The highest BCUT2D eigenvalue weighted by atomic mass is 16.3. The van der Waals surface area contributed by atoms with Crippen molar-refractivity contribution in [3.8, 4) is 11.3 Å². The molecule has 0 spiro atoms. The molecule has 0 atom stereocenters. The molecule has 1 amide bonds. The fourth-order valence-corrected chi connectivity index (χ4v) is 1.65. The van der Waals surface area contributed by atoms with E-state index in [1.807, 2.05) is 30.3 Å². The summed E-state index contributed by atoms with van der Waals surface area (Å²) in [7, 11) is 1.65. The summed E-state index contributed by atoms with van der Waals surface area (Å²) in [5, 5.41) is 16.7. The molecule has 1 aromatic carbocycles. The second-order valence-corrected chi connectivity index (χ2v) is 4.21. The molecule has 6 heteroatoms. The summed E-state index contributed by atoms with van der Waals surface area (Å²) in [6.45, 7) is 0.393. The van der Waals surface area contributed by atoms with E-state index >= 15 is 0 Å². The third-order valence-corrected chi connectivity index (χ3v) is 2.77. The predicted octanol–water partition coefficient (Wildman–Crippen LogP) is 0.396. The normalized spacial score (nSPS) is 10.4. The second kappa shape index (κ2) is 6.10. The molecule has 0 aliphatic carbocycles. The number of aliphatic hydroxyl groups is 1. The Morgan fingerprint density at radius 2 is 2.11 bits per heavy atom. The molecular formula is C13H16N4O2. The largest absolute Gasteiger partial charge is 0.395 e. The average molecular weight is 260 g/mol. The van der Waals surface area contributed by atoms with E-state index in [-0.39, 0.29) is 19.1 Å². The molecule has 0 bridgehead atoms. The van der Waals surface area contributed by atoms with E-state index in [9.17, 15) is 4.79 Å². The van der Waals surface area contributed by atoms with E-state index in [2.05, 4.69) is 10.3 Å². The standard InChI is InChI=1S/C13H16N4O2/c1-16(7-8-18)13(19)10-17-9-12(14-15-17)11-5-3-2-4-6-11/h2-6,9,18H,7-8,10H2,1H3. The molecule has 2 rings (SSSR count). The molecule has 6 nitrogen and oxygen atoms in total. The van der Waals surface area contributed by atoms with Crippen molar-refractivity contribution in [1.29, 1.82) is 0 Å². The molecule has 1 heterocycles. The van der Waals surface area contributed by atoms with Crippen molar-refractivity contribution in [3.63, 3.8) is 0 Å². The Kier molecular flexibility index (Phi) is 4.25. The van der Waals surface area contributed by atoms with Crippen molar-refractivity contribution in [2.24, 2.45) is 0 Å². The maximum atomic E-state index is 11.8. The molecule has 1 N–H and O–H groups in total. The lowest BCUT2D eigenvalue weighted by molar-refractivity contribution is -0.131. The van der Waals surface area contributed by atoms with Gasteiger partial charge in [0.05, 0.1) is 12.8 Å². The lowest BCUT2D eigenvalue weighted by Crippen LogP contribution is -2.32. The number of aliphatic hydroxyl groups excluding tert-OH is 1. The number of carbonyl (C=O) groups excluding carboxylic acids is 1. The topological polar surface area (TPSA) is 71.2 Å². The number of carbonyl (C=O) groups is 1. The number of nitrogens with zero attached hydrogens (tertiary/aromatic N) is 4. The van der Waals surface area contributed by atoms with Crippen LogP contribution in [0.5, 0.6) is 0 Å². The Hall–Kier alpha value is -2.21. The van der Waals surface area contributed by atoms with Crippen LogP contribution in [0.2, 0.25) is 0 Å². The summed E-state index contributed by atoms with van der Waals surface area (Å²) < 4.78 is 1.50. The van der Waals surface area contributed by atoms with Gasteiger partial charge in [0, 0.05) is 19.2 Å². The Balaban J connectivity index is 2.04. The van der Waals surface area contributed by atoms with Crippen LogP contribution in [0.1, 0.15) is 0 Å². The molecule has 100 valence electrons. The molecule has 0 radical (unpaired) electrons. The summed E-state index contributed by atoms with van der Waals surface area (Å²) >= 11 is 0. The summed E-state index contributed by atoms with van der Waals surface area (Å²) in [5.41, 5.74) is 1.70. The summed E-state index contributed by atoms with van der Waals surface area (Å²) in [6.07, 6.45) is 1.74. The highest BCUT2D eigenvalue weighted by Gasteiger charge is 2.10. The van der Waals surface area contributed by atoms with E-state index in [0.717, 1.165) is 11.3 Å². The first kappa shape index (κ1) is 13.2. The van der Waals surface area contributed by atoms with Gasteiger partial charge >= 0.3 is 0 Å². The van der Waals surface area contributed by atoms with Crippen molar-refractivity contribution < 1.29 is 9.90 Å². The number of hydrogen-bond acceptors (Lipinski definition) is 4. The van der Waals surface area contributed by atoms with Gasteiger partial charge in [-0.2, -0.15) is 0 Å². The van der Waals surface area contributed by atoms with Crippen LogP contribution in [-0.2, 0) is 11.3 Å². The molecule has 0 saturated carbocycles. The van der Waals surface area contributed by atoms with Crippen molar-refractivity contribution in [2.45, 2.75) is 6.54 Å². The van der Waals surface area contributed by atoms with E-state index < -0.39 is 0 Å². The smallest absolute Gasteiger partial charge is 0.244 e. The van der Waals surface area contributed by atoms with Gasteiger partial charge in [-0.15, -0.1) is 5.10 Å². The lowest BCUT2D eigenvalue weighted by atomic mass is 10.2. The van der Waals surface area contributed by atoms with Gasteiger partial charge in [0.2, 0.25) is 5.91 Å². The third-order valence-electron chi connectivity index (χ3n) is 2.77. The predicted molar refractivity (Wildman–Crippen MR) is 70.2 cm³/mol. The van der Waals surface area contributed by atoms with Crippen LogP contribution in [-0.4, -0.2) is 51.1 Å². The van der Waals surface area contributed by atoms with Crippen LogP contribution in [0.15, 0.2) is 36.5 Å². The molecule has 1 aromatic heterocycles.